The Morgan fingerprint density at radius 2 is 1.90 bits per heavy atom. The maximum atomic E-state index is 13.3. The predicted molar refractivity (Wildman–Crippen MR) is 90.1 cm³/mol. The van der Waals surface area contributed by atoms with Gasteiger partial charge in [-0.3, -0.25) is 0 Å². The van der Waals surface area contributed by atoms with Crippen LogP contribution >= 0.6 is 31.9 Å². The van der Waals surface area contributed by atoms with Gasteiger partial charge in [-0.2, -0.15) is 0 Å². The van der Waals surface area contributed by atoms with Crippen LogP contribution in [0.1, 0.15) is 18.7 Å². The smallest absolute Gasteiger partial charge is 0.134 e. The van der Waals surface area contributed by atoms with Crippen LogP contribution in [0.25, 0.3) is 11.0 Å². The molecule has 1 unspecified atom stereocenters. The highest BCUT2D eigenvalue weighted by molar-refractivity contribution is 9.10. The van der Waals surface area contributed by atoms with E-state index in [0.717, 1.165) is 25.7 Å². The van der Waals surface area contributed by atoms with Crippen molar-refractivity contribution in [1.82, 2.24) is 0 Å². The topological polar surface area (TPSA) is 25.2 Å². The first-order valence-corrected chi connectivity index (χ1v) is 8.02. The van der Waals surface area contributed by atoms with Gasteiger partial charge >= 0.3 is 0 Å². The Hall–Kier alpha value is -1.33. The van der Waals surface area contributed by atoms with Crippen molar-refractivity contribution < 1.29 is 8.81 Å². The van der Waals surface area contributed by atoms with E-state index in [9.17, 15) is 4.39 Å². The first kappa shape index (κ1) is 14.6. The largest absolute Gasteiger partial charge is 0.459 e. The second-order valence-corrected chi connectivity index (χ2v) is 6.59. The van der Waals surface area contributed by atoms with Gasteiger partial charge < -0.3 is 9.73 Å². The lowest BCUT2D eigenvalue weighted by Crippen LogP contribution is -2.06. The second-order valence-electron chi connectivity index (χ2n) is 4.82. The Labute approximate surface area is 138 Å². The van der Waals surface area contributed by atoms with Crippen LogP contribution < -0.4 is 5.32 Å². The molecular formula is C16H12Br2FNO. The minimum atomic E-state index is -0.276. The zero-order valence-corrected chi connectivity index (χ0v) is 14.3. The minimum absolute atomic E-state index is 0.0747. The average Bonchev–Trinajstić information content (AvgIpc) is 2.86. The summed E-state index contributed by atoms with van der Waals surface area (Å²) in [5.41, 5.74) is 1.53. The number of halogens is 3. The van der Waals surface area contributed by atoms with Crippen LogP contribution in [0, 0.1) is 5.82 Å². The van der Waals surface area contributed by atoms with Crippen molar-refractivity contribution in [3.8, 4) is 0 Å². The third-order valence-corrected chi connectivity index (χ3v) is 4.41. The molecular weight excluding hydrogens is 401 g/mol. The first-order chi connectivity index (χ1) is 10.0. The molecule has 0 aliphatic rings. The van der Waals surface area contributed by atoms with E-state index in [1.165, 1.54) is 12.1 Å². The molecule has 1 aromatic heterocycles. The molecule has 21 heavy (non-hydrogen) atoms. The van der Waals surface area contributed by atoms with Crippen molar-refractivity contribution in [3.63, 3.8) is 0 Å². The predicted octanol–water partition coefficient (Wildman–Crippen LogP) is 6.27. The van der Waals surface area contributed by atoms with Crippen molar-refractivity contribution >= 4 is 48.5 Å². The van der Waals surface area contributed by atoms with Crippen LogP contribution in [-0.2, 0) is 0 Å². The lowest BCUT2D eigenvalue weighted by atomic mass is 10.2. The van der Waals surface area contributed by atoms with E-state index in [4.69, 9.17) is 4.42 Å². The van der Waals surface area contributed by atoms with E-state index < -0.39 is 0 Å². The van der Waals surface area contributed by atoms with Crippen LogP contribution in [-0.4, -0.2) is 0 Å². The second kappa shape index (κ2) is 5.81. The summed E-state index contributed by atoms with van der Waals surface area (Å²) in [6.07, 6.45) is 0. The van der Waals surface area contributed by atoms with Crippen molar-refractivity contribution in [2.75, 3.05) is 5.32 Å². The summed E-state index contributed by atoms with van der Waals surface area (Å²) in [5.74, 6) is 0.528. The van der Waals surface area contributed by atoms with Crippen molar-refractivity contribution in [2.45, 2.75) is 13.0 Å². The normalized spacial score (nSPS) is 12.6. The Kier molecular flexibility index (Phi) is 4.04. The highest BCUT2D eigenvalue weighted by Gasteiger charge is 2.13. The summed E-state index contributed by atoms with van der Waals surface area (Å²) in [7, 11) is 0. The molecule has 1 N–H and O–H groups in total. The van der Waals surface area contributed by atoms with Crippen molar-refractivity contribution in [2.24, 2.45) is 0 Å². The maximum absolute atomic E-state index is 13.3. The van der Waals surface area contributed by atoms with Gasteiger partial charge in [0.2, 0.25) is 0 Å². The fraction of sp³-hybridized carbons (Fsp3) is 0.125. The Bertz CT molecular complexity index is 800. The van der Waals surface area contributed by atoms with Crippen molar-refractivity contribution in [1.29, 1.82) is 0 Å². The quantitative estimate of drug-likeness (QED) is 0.548. The maximum Gasteiger partial charge on any atom is 0.134 e. The number of rotatable bonds is 3. The molecule has 1 atom stereocenters. The van der Waals surface area contributed by atoms with Crippen molar-refractivity contribution in [3.05, 3.63) is 63.0 Å². The van der Waals surface area contributed by atoms with Gasteiger partial charge in [0.15, 0.2) is 0 Å². The molecule has 0 bridgehead atoms. The lowest BCUT2D eigenvalue weighted by molar-refractivity contribution is 0.526. The molecule has 0 fully saturated rings. The molecule has 3 rings (SSSR count). The van der Waals surface area contributed by atoms with Gasteiger partial charge in [0.25, 0.3) is 0 Å². The minimum Gasteiger partial charge on any atom is -0.459 e. The van der Waals surface area contributed by atoms with Gasteiger partial charge in [-0.05, 0) is 65.3 Å². The summed E-state index contributed by atoms with van der Waals surface area (Å²) in [6, 6.07) is 12.3. The molecule has 0 radical (unpaired) electrons. The van der Waals surface area contributed by atoms with E-state index in [1.54, 1.807) is 6.07 Å². The van der Waals surface area contributed by atoms with E-state index >= 15 is 0 Å². The summed E-state index contributed by atoms with van der Waals surface area (Å²) in [4.78, 5) is 0. The number of fused-ring (bicyclic) bond motifs is 1. The Balaban J connectivity index is 1.89. The van der Waals surface area contributed by atoms with E-state index in [0.29, 0.717) is 5.69 Å². The van der Waals surface area contributed by atoms with E-state index in [2.05, 4.69) is 37.2 Å². The number of benzene rings is 2. The molecule has 1 heterocycles. The Morgan fingerprint density at radius 3 is 2.71 bits per heavy atom. The molecule has 2 aromatic carbocycles. The van der Waals surface area contributed by atoms with Gasteiger partial charge in [0.05, 0.1) is 11.7 Å². The average molecular weight is 413 g/mol. The number of hydrogen-bond donors (Lipinski definition) is 1. The van der Waals surface area contributed by atoms with Crippen LogP contribution in [0.5, 0.6) is 0 Å². The lowest BCUT2D eigenvalue weighted by Gasteiger charge is -2.14. The molecule has 3 aromatic rings. The van der Waals surface area contributed by atoms with E-state index in [-0.39, 0.29) is 11.9 Å². The molecule has 5 heteroatoms. The van der Waals surface area contributed by atoms with Crippen LogP contribution in [0.15, 0.2) is 55.8 Å². The monoisotopic (exact) mass is 411 g/mol. The van der Waals surface area contributed by atoms with E-state index in [1.807, 2.05) is 31.2 Å². The molecule has 0 saturated heterocycles. The zero-order valence-electron chi connectivity index (χ0n) is 11.2. The highest BCUT2D eigenvalue weighted by atomic mass is 79.9. The molecule has 108 valence electrons. The number of anilines is 1. The Morgan fingerprint density at radius 1 is 1.10 bits per heavy atom. The third kappa shape index (κ3) is 3.14. The van der Waals surface area contributed by atoms with Gasteiger partial charge in [-0.15, -0.1) is 0 Å². The zero-order chi connectivity index (χ0) is 15.0. The molecule has 2 nitrogen and oxygen atoms in total. The van der Waals surface area contributed by atoms with Gasteiger partial charge in [-0.1, -0.05) is 15.9 Å². The standard InChI is InChI=1S/C16H12Br2FNO/c1-9(20-14-8-12(19)3-4-13(14)18)16-7-10-6-11(17)2-5-15(10)21-16/h2-9,20H,1H3. The van der Waals surface area contributed by atoms with Crippen LogP contribution in [0.2, 0.25) is 0 Å². The van der Waals surface area contributed by atoms with Crippen LogP contribution in [0.4, 0.5) is 10.1 Å². The number of nitrogens with one attached hydrogen (secondary N) is 1. The summed E-state index contributed by atoms with van der Waals surface area (Å²) in [5, 5.41) is 4.28. The first-order valence-electron chi connectivity index (χ1n) is 6.43. The van der Waals surface area contributed by atoms with Crippen LogP contribution in [0.3, 0.4) is 0 Å². The number of hydrogen-bond acceptors (Lipinski definition) is 2. The van der Waals surface area contributed by atoms with Gasteiger partial charge in [0.1, 0.15) is 17.2 Å². The summed E-state index contributed by atoms with van der Waals surface area (Å²) in [6.45, 7) is 1.98. The van der Waals surface area contributed by atoms with Gasteiger partial charge in [0, 0.05) is 14.3 Å². The molecule has 0 amide bonds. The molecule has 0 aliphatic heterocycles. The highest BCUT2D eigenvalue weighted by Crippen LogP contribution is 2.31. The fourth-order valence-corrected chi connectivity index (χ4v) is 2.90. The molecule has 0 aliphatic carbocycles. The summed E-state index contributed by atoms with van der Waals surface area (Å²) >= 11 is 6.85. The summed E-state index contributed by atoms with van der Waals surface area (Å²) < 4.78 is 21.0. The SMILES string of the molecule is CC(Nc1cc(F)ccc1Br)c1cc2cc(Br)ccc2o1. The third-order valence-electron chi connectivity index (χ3n) is 3.22. The van der Waals surface area contributed by atoms with Gasteiger partial charge in [-0.25, -0.2) is 4.39 Å². The molecule has 0 spiro atoms. The molecule has 0 saturated carbocycles. The fourth-order valence-electron chi connectivity index (χ4n) is 2.16. The number of furan rings is 1.